The van der Waals surface area contributed by atoms with Gasteiger partial charge in [-0.3, -0.25) is 14.7 Å². The van der Waals surface area contributed by atoms with E-state index in [-0.39, 0.29) is 18.4 Å². The van der Waals surface area contributed by atoms with Crippen LogP contribution >= 0.6 is 0 Å². The first-order chi connectivity index (χ1) is 14.6. The van der Waals surface area contributed by atoms with Crippen molar-refractivity contribution in [3.63, 3.8) is 0 Å². The fourth-order valence-electron chi connectivity index (χ4n) is 3.50. The Balaban J connectivity index is 1.39. The van der Waals surface area contributed by atoms with Gasteiger partial charge in [-0.05, 0) is 54.4 Å². The summed E-state index contributed by atoms with van der Waals surface area (Å²) in [4.78, 5) is 30.8. The summed E-state index contributed by atoms with van der Waals surface area (Å²) in [6.07, 6.45) is 1.23. The Morgan fingerprint density at radius 2 is 2.00 bits per heavy atom. The van der Waals surface area contributed by atoms with Crippen molar-refractivity contribution in [2.75, 3.05) is 18.6 Å². The third kappa shape index (κ3) is 3.89. The molecule has 0 spiro atoms. The van der Waals surface area contributed by atoms with Gasteiger partial charge in [-0.2, -0.15) is 5.10 Å². The van der Waals surface area contributed by atoms with Crippen LogP contribution < -0.4 is 15.0 Å². The summed E-state index contributed by atoms with van der Waals surface area (Å²) in [5, 5.41) is 9.92. The zero-order chi connectivity index (χ0) is 21.1. The number of nitrogens with zero attached hydrogens (tertiary/aromatic N) is 3. The summed E-state index contributed by atoms with van der Waals surface area (Å²) in [6, 6.07) is 12.9. The molecule has 0 saturated carbocycles. The summed E-state index contributed by atoms with van der Waals surface area (Å²) in [6.45, 7) is 2.75. The fraction of sp³-hybridized carbons (Fsp3) is 0.273. The number of fused-ring (bicyclic) bond motifs is 1. The molecule has 1 aliphatic rings. The summed E-state index contributed by atoms with van der Waals surface area (Å²) in [5.41, 5.74) is 3.34. The molecule has 3 aromatic rings. The van der Waals surface area contributed by atoms with E-state index in [0.717, 1.165) is 29.0 Å². The third-order valence-electron chi connectivity index (χ3n) is 5.14. The van der Waals surface area contributed by atoms with Crippen LogP contribution in [-0.2, 0) is 17.8 Å². The van der Waals surface area contributed by atoms with E-state index in [4.69, 9.17) is 4.74 Å². The van der Waals surface area contributed by atoms with Gasteiger partial charge in [0, 0.05) is 29.8 Å². The molecular formula is C22H23N5O3. The molecule has 4 rings (SSSR count). The van der Waals surface area contributed by atoms with Crippen LogP contribution in [-0.4, -0.2) is 40.7 Å². The number of anilines is 1. The number of hydrogen-bond donors (Lipinski definition) is 2. The highest BCUT2D eigenvalue weighted by atomic mass is 16.5. The molecule has 0 radical (unpaired) electrons. The molecule has 2 amide bonds. The first-order valence-electron chi connectivity index (χ1n) is 9.86. The van der Waals surface area contributed by atoms with Crippen molar-refractivity contribution in [3.05, 3.63) is 59.4 Å². The molecule has 0 saturated heterocycles. The summed E-state index contributed by atoms with van der Waals surface area (Å²) < 4.78 is 5.15. The van der Waals surface area contributed by atoms with E-state index < -0.39 is 0 Å². The quantitative estimate of drug-likeness (QED) is 0.657. The van der Waals surface area contributed by atoms with E-state index in [1.165, 1.54) is 0 Å². The molecular weight excluding hydrogens is 382 g/mol. The second-order valence-electron chi connectivity index (χ2n) is 7.01. The smallest absolute Gasteiger partial charge is 0.251 e. The van der Waals surface area contributed by atoms with Crippen molar-refractivity contribution in [1.29, 1.82) is 0 Å². The number of carbonyl (C=O) groups excluding carboxylic acids is 2. The fourth-order valence-corrected chi connectivity index (χ4v) is 3.50. The standard InChI is InChI=1S/C22H23N5O3/c1-3-20(28)27-11-10-15-12-16(6-9-18(15)27)22(29)23-13-19-24-21(26-25-19)14-4-7-17(30-2)8-5-14/h4-9,12H,3,10-11,13H2,1-2H3,(H,23,29)(H,24,25,26). The highest BCUT2D eigenvalue weighted by Gasteiger charge is 2.24. The van der Waals surface area contributed by atoms with Gasteiger partial charge in [0.1, 0.15) is 11.6 Å². The molecule has 1 aliphatic heterocycles. The molecule has 0 bridgehead atoms. The lowest BCUT2D eigenvalue weighted by Crippen LogP contribution is -2.27. The number of H-pyrrole nitrogens is 1. The molecule has 30 heavy (non-hydrogen) atoms. The Hall–Kier alpha value is -3.68. The lowest BCUT2D eigenvalue weighted by Gasteiger charge is -2.16. The summed E-state index contributed by atoms with van der Waals surface area (Å²) in [5.74, 6) is 1.79. The van der Waals surface area contributed by atoms with Gasteiger partial charge in [0.25, 0.3) is 5.91 Å². The SMILES string of the molecule is CCC(=O)N1CCc2cc(C(=O)NCc3nc(-c4ccc(OC)cc4)n[nH]3)ccc21. The van der Waals surface area contributed by atoms with Crippen molar-refractivity contribution in [3.8, 4) is 17.1 Å². The number of carbonyl (C=O) groups is 2. The highest BCUT2D eigenvalue weighted by Crippen LogP contribution is 2.29. The van der Waals surface area contributed by atoms with Crippen molar-refractivity contribution in [1.82, 2.24) is 20.5 Å². The zero-order valence-electron chi connectivity index (χ0n) is 16.9. The van der Waals surface area contributed by atoms with Gasteiger partial charge in [-0.1, -0.05) is 6.92 Å². The maximum atomic E-state index is 12.6. The molecule has 0 atom stereocenters. The van der Waals surface area contributed by atoms with Crippen LogP contribution in [0.2, 0.25) is 0 Å². The molecule has 0 aliphatic carbocycles. The lowest BCUT2D eigenvalue weighted by molar-refractivity contribution is -0.118. The average Bonchev–Trinajstić information content (AvgIpc) is 3.43. The zero-order valence-corrected chi connectivity index (χ0v) is 16.9. The number of benzene rings is 2. The van der Waals surface area contributed by atoms with E-state index in [1.807, 2.05) is 43.3 Å². The number of hydrogen-bond acceptors (Lipinski definition) is 5. The molecule has 1 aromatic heterocycles. The van der Waals surface area contributed by atoms with Crippen LogP contribution in [0.4, 0.5) is 5.69 Å². The van der Waals surface area contributed by atoms with Gasteiger partial charge < -0.3 is 15.0 Å². The van der Waals surface area contributed by atoms with Crippen LogP contribution in [0.5, 0.6) is 5.75 Å². The normalized spacial score (nSPS) is 12.5. The highest BCUT2D eigenvalue weighted by molar-refractivity contribution is 5.98. The number of amides is 2. The van der Waals surface area contributed by atoms with Gasteiger partial charge in [0.05, 0.1) is 13.7 Å². The van der Waals surface area contributed by atoms with Crippen LogP contribution in [0, 0.1) is 0 Å². The van der Waals surface area contributed by atoms with E-state index in [1.54, 1.807) is 18.1 Å². The predicted molar refractivity (Wildman–Crippen MR) is 112 cm³/mol. The third-order valence-corrected chi connectivity index (χ3v) is 5.14. The molecule has 154 valence electrons. The molecule has 0 unspecified atom stereocenters. The topological polar surface area (TPSA) is 100 Å². The maximum absolute atomic E-state index is 12.6. The molecule has 2 aromatic carbocycles. The second kappa shape index (κ2) is 8.36. The van der Waals surface area contributed by atoms with E-state index in [9.17, 15) is 9.59 Å². The number of nitrogens with one attached hydrogen (secondary N) is 2. The van der Waals surface area contributed by atoms with Crippen molar-refractivity contribution in [2.45, 2.75) is 26.3 Å². The first-order valence-corrected chi connectivity index (χ1v) is 9.86. The Kier molecular flexibility index (Phi) is 5.47. The number of methoxy groups -OCH3 is 1. The number of ether oxygens (including phenoxy) is 1. The minimum Gasteiger partial charge on any atom is -0.497 e. The molecule has 2 heterocycles. The number of rotatable bonds is 6. The van der Waals surface area contributed by atoms with Crippen LogP contribution in [0.25, 0.3) is 11.4 Å². The Morgan fingerprint density at radius 3 is 2.73 bits per heavy atom. The largest absolute Gasteiger partial charge is 0.497 e. The lowest BCUT2D eigenvalue weighted by atomic mass is 10.1. The van der Waals surface area contributed by atoms with Crippen LogP contribution in [0.15, 0.2) is 42.5 Å². The van der Waals surface area contributed by atoms with Crippen molar-refractivity contribution < 1.29 is 14.3 Å². The van der Waals surface area contributed by atoms with E-state index >= 15 is 0 Å². The van der Waals surface area contributed by atoms with Gasteiger partial charge in [-0.15, -0.1) is 0 Å². The van der Waals surface area contributed by atoms with Crippen molar-refractivity contribution in [2.24, 2.45) is 0 Å². The van der Waals surface area contributed by atoms with Gasteiger partial charge in [0.2, 0.25) is 5.91 Å². The first kappa shape index (κ1) is 19.6. The number of aromatic nitrogens is 3. The van der Waals surface area contributed by atoms with E-state index in [0.29, 0.717) is 30.2 Å². The van der Waals surface area contributed by atoms with E-state index in [2.05, 4.69) is 20.5 Å². The average molecular weight is 405 g/mol. The molecule has 8 nitrogen and oxygen atoms in total. The Bertz CT molecular complexity index is 1070. The van der Waals surface area contributed by atoms with Crippen molar-refractivity contribution >= 4 is 17.5 Å². The van der Waals surface area contributed by atoms with Gasteiger partial charge in [0.15, 0.2) is 5.82 Å². The number of aromatic amines is 1. The minimum absolute atomic E-state index is 0.101. The van der Waals surface area contributed by atoms with Gasteiger partial charge in [-0.25, -0.2) is 4.98 Å². The monoisotopic (exact) mass is 405 g/mol. The van der Waals surface area contributed by atoms with Gasteiger partial charge >= 0.3 is 0 Å². The predicted octanol–water partition coefficient (Wildman–Crippen LogP) is 2.71. The van der Waals surface area contributed by atoms with Crippen LogP contribution in [0.3, 0.4) is 0 Å². The minimum atomic E-state index is -0.194. The molecule has 2 N–H and O–H groups in total. The summed E-state index contributed by atoms with van der Waals surface area (Å²) >= 11 is 0. The molecule has 8 heteroatoms. The molecule has 0 fully saturated rings. The maximum Gasteiger partial charge on any atom is 0.251 e. The Morgan fingerprint density at radius 1 is 1.20 bits per heavy atom. The summed E-state index contributed by atoms with van der Waals surface area (Å²) in [7, 11) is 1.62. The van der Waals surface area contributed by atoms with Crippen LogP contribution in [0.1, 0.15) is 35.1 Å². The Labute approximate surface area is 174 Å². The second-order valence-corrected chi connectivity index (χ2v) is 7.01.